The van der Waals surface area contributed by atoms with Gasteiger partial charge in [-0.25, -0.2) is 6.61 Å². The van der Waals surface area contributed by atoms with Gasteiger partial charge < -0.3 is 9.78 Å². The van der Waals surface area contributed by atoms with E-state index >= 15 is 0 Å². The van der Waals surface area contributed by atoms with Gasteiger partial charge in [-0.05, 0) is 0 Å². The molecule has 0 heterocycles. The van der Waals surface area contributed by atoms with Gasteiger partial charge >= 0.3 is 0 Å². The minimum atomic E-state index is 0. The van der Waals surface area contributed by atoms with E-state index in [1.165, 1.54) is 0 Å². The fourth-order valence-corrected chi connectivity index (χ4v) is 0.373. The summed E-state index contributed by atoms with van der Waals surface area (Å²) in [7, 11) is 5.94. The van der Waals surface area contributed by atoms with Crippen LogP contribution in [0, 0.1) is 13.7 Å². The summed E-state index contributed by atoms with van der Waals surface area (Å²) in [4.78, 5) is 0. The Bertz CT molecular complexity index is 45.0. The molecule has 1 N–H and O–H groups in total. The van der Waals surface area contributed by atoms with E-state index in [-0.39, 0.29) is 32.7 Å². The van der Waals surface area contributed by atoms with Crippen LogP contribution in [0.5, 0.6) is 0 Å². The normalized spacial score (nSPS) is 9.00. The molecule has 0 amide bonds. The predicted molar refractivity (Wildman–Crippen MR) is 32.6 cm³/mol. The van der Waals surface area contributed by atoms with Gasteiger partial charge in [-0.2, -0.15) is 0 Å². The zero-order valence-electron chi connectivity index (χ0n) is 4.75. The summed E-state index contributed by atoms with van der Waals surface area (Å²) in [6, 6.07) is 0. The monoisotopic (exact) mass is 208 g/mol. The summed E-state index contributed by atoms with van der Waals surface area (Å²) >= 11 is 0. The van der Waals surface area contributed by atoms with E-state index in [4.69, 9.17) is 5.11 Å². The first kappa shape index (κ1) is 12.2. The summed E-state index contributed by atoms with van der Waals surface area (Å²) in [5.74, 6) is 0. The van der Waals surface area contributed by atoms with Crippen LogP contribution in [0.15, 0.2) is 0 Å². The summed E-state index contributed by atoms with van der Waals surface area (Å²) in [5, 5.41) is 8.13. The Balaban J connectivity index is 0. The third-order valence-corrected chi connectivity index (χ3v) is 0.804. The summed E-state index contributed by atoms with van der Waals surface area (Å²) in [6.07, 6.45) is 0.674. The van der Waals surface area contributed by atoms with Crippen molar-refractivity contribution in [2.45, 2.75) is 6.42 Å². The molecular formula is C4H10NOPY-2. The maximum Gasteiger partial charge on any atom is 0 e. The third kappa shape index (κ3) is 10.4. The van der Waals surface area contributed by atoms with Gasteiger partial charge in [-0.15, -0.1) is 6.42 Å². The van der Waals surface area contributed by atoms with E-state index in [1.54, 1.807) is 4.67 Å². The van der Waals surface area contributed by atoms with E-state index in [1.807, 2.05) is 0 Å². The number of hydrogen-bond acceptors (Lipinski definition) is 2. The molecule has 0 fully saturated rings. The van der Waals surface area contributed by atoms with Crippen LogP contribution < -0.4 is 0 Å². The van der Waals surface area contributed by atoms with Crippen LogP contribution in [-0.2, 0) is 32.7 Å². The molecule has 0 saturated carbocycles. The standard InChI is InChI=1S/C4H10NOP.Y/c1-5(7)3-2-4-6;/h4,6H,1-3,7H2;/q-2;. The van der Waals surface area contributed by atoms with Crippen molar-refractivity contribution >= 4 is 9.39 Å². The molecule has 0 aliphatic heterocycles. The molecule has 1 unspecified atom stereocenters. The maximum absolute atomic E-state index is 8.13. The molecule has 8 heavy (non-hydrogen) atoms. The molecule has 1 radical (unpaired) electrons. The first-order chi connectivity index (χ1) is 3.27. The third-order valence-electron chi connectivity index (χ3n) is 0.545. The second kappa shape index (κ2) is 8.45. The van der Waals surface area contributed by atoms with E-state index in [0.717, 1.165) is 13.2 Å². The van der Waals surface area contributed by atoms with Crippen LogP contribution in [0.25, 0.3) is 0 Å². The zero-order chi connectivity index (χ0) is 5.70. The molecule has 0 saturated heterocycles. The predicted octanol–water partition coefficient (Wildman–Crippen LogP) is 0.792. The van der Waals surface area contributed by atoms with Crippen LogP contribution in [0.4, 0.5) is 0 Å². The smallest absolute Gasteiger partial charge is 0 e. The molecule has 0 aromatic heterocycles. The molecule has 2 nitrogen and oxygen atoms in total. The molecule has 0 aromatic carbocycles. The van der Waals surface area contributed by atoms with Gasteiger partial charge in [0.1, 0.15) is 0 Å². The van der Waals surface area contributed by atoms with Crippen molar-refractivity contribution < 1.29 is 37.8 Å². The van der Waals surface area contributed by atoms with Crippen molar-refractivity contribution in [3.63, 3.8) is 0 Å². The Morgan fingerprint density at radius 1 is 1.75 bits per heavy atom. The van der Waals surface area contributed by atoms with E-state index in [2.05, 4.69) is 16.4 Å². The molecule has 0 spiro atoms. The molecular weight excluding hydrogens is 198 g/mol. The zero-order valence-corrected chi connectivity index (χ0v) is 8.74. The fourth-order valence-electron chi connectivity index (χ4n) is 0.224. The topological polar surface area (TPSA) is 23.5 Å². The average Bonchev–Trinajstić information content (AvgIpc) is 1.61. The van der Waals surface area contributed by atoms with Crippen LogP contribution in [0.3, 0.4) is 0 Å². The van der Waals surface area contributed by atoms with Gasteiger partial charge in [0.05, 0.1) is 0 Å². The minimum Gasteiger partial charge on any atom is -0.566 e. The Hall–Kier alpha value is 1.45. The summed E-state index contributed by atoms with van der Waals surface area (Å²) in [6.45, 7) is 1.91. The Kier molecular flexibility index (Phi) is 12.9. The van der Waals surface area contributed by atoms with Gasteiger partial charge in [0, 0.05) is 32.7 Å². The average molecular weight is 208 g/mol. The van der Waals surface area contributed by atoms with Crippen LogP contribution in [0.1, 0.15) is 6.42 Å². The van der Waals surface area contributed by atoms with E-state index < -0.39 is 0 Å². The van der Waals surface area contributed by atoms with Crippen molar-refractivity contribution in [1.82, 2.24) is 4.67 Å². The first-order valence-corrected chi connectivity index (χ1v) is 2.57. The molecule has 0 bridgehead atoms. The van der Waals surface area contributed by atoms with Gasteiger partial charge in [-0.1, -0.05) is 15.9 Å². The first-order valence-electron chi connectivity index (χ1n) is 2.06. The molecule has 0 aliphatic rings. The molecule has 4 heteroatoms. The van der Waals surface area contributed by atoms with Crippen LogP contribution >= 0.6 is 9.39 Å². The Labute approximate surface area is 78.2 Å². The fraction of sp³-hybridized carbons (Fsp3) is 0.500. The minimum absolute atomic E-state index is 0. The van der Waals surface area contributed by atoms with Gasteiger partial charge in [-0.3, -0.25) is 7.05 Å². The van der Waals surface area contributed by atoms with Gasteiger partial charge in [0.25, 0.3) is 0 Å². The quantitative estimate of drug-likeness (QED) is 0.547. The number of rotatable bonds is 3. The molecule has 0 rings (SSSR count). The van der Waals surface area contributed by atoms with Crippen molar-refractivity contribution in [3.05, 3.63) is 13.7 Å². The van der Waals surface area contributed by atoms with Crippen LogP contribution in [-0.4, -0.2) is 16.3 Å². The van der Waals surface area contributed by atoms with E-state index in [0.29, 0.717) is 6.42 Å². The largest absolute Gasteiger partial charge is 0.566 e. The SMILES string of the molecule is [CH2-]N(P)CC[CH-]O.[Y]. The van der Waals surface area contributed by atoms with Crippen molar-refractivity contribution in [1.29, 1.82) is 0 Å². The molecule has 0 aromatic rings. The number of aliphatic hydroxyl groups excluding tert-OH is 1. The van der Waals surface area contributed by atoms with E-state index in [9.17, 15) is 0 Å². The number of hydrogen-bond donors (Lipinski definition) is 1. The number of aliphatic hydroxyl groups is 1. The van der Waals surface area contributed by atoms with Gasteiger partial charge in [0.2, 0.25) is 0 Å². The molecule has 1 atom stereocenters. The van der Waals surface area contributed by atoms with Crippen molar-refractivity contribution in [3.8, 4) is 0 Å². The van der Waals surface area contributed by atoms with Gasteiger partial charge in [0.15, 0.2) is 0 Å². The second-order valence-corrected chi connectivity index (χ2v) is 2.01. The summed E-state index contributed by atoms with van der Waals surface area (Å²) in [5.41, 5.74) is 0. The Morgan fingerprint density at radius 3 is 2.38 bits per heavy atom. The molecule has 47 valence electrons. The van der Waals surface area contributed by atoms with Crippen molar-refractivity contribution in [2.75, 3.05) is 6.54 Å². The summed E-state index contributed by atoms with van der Waals surface area (Å²) < 4.78 is 1.69. The van der Waals surface area contributed by atoms with Crippen LogP contribution in [0.2, 0.25) is 0 Å². The number of nitrogens with zero attached hydrogens (tertiary/aromatic N) is 1. The Morgan fingerprint density at radius 2 is 2.25 bits per heavy atom. The molecule has 0 aliphatic carbocycles. The van der Waals surface area contributed by atoms with Crippen molar-refractivity contribution in [2.24, 2.45) is 0 Å². The maximum atomic E-state index is 8.13. The second-order valence-electron chi connectivity index (χ2n) is 1.28.